The highest BCUT2D eigenvalue weighted by Crippen LogP contribution is 2.28. The second kappa shape index (κ2) is 6.39. The van der Waals surface area contributed by atoms with Gasteiger partial charge in [0.25, 0.3) is 5.91 Å². The van der Waals surface area contributed by atoms with Crippen molar-refractivity contribution in [3.63, 3.8) is 0 Å². The molecule has 6 heteroatoms. The van der Waals surface area contributed by atoms with Crippen molar-refractivity contribution in [2.45, 2.75) is 19.4 Å². The predicted octanol–water partition coefficient (Wildman–Crippen LogP) is 3.10. The van der Waals surface area contributed by atoms with Crippen molar-refractivity contribution in [1.29, 1.82) is 0 Å². The second-order valence-electron chi connectivity index (χ2n) is 5.51. The molecule has 0 saturated carbocycles. The van der Waals surface area contributed by atoms with Gasteiger partial charge in [0.15, 0.2) is 6.10 Å². The summed E-state index contributed by atoms with van der Waals surface area (Å²) in [5, 5.41) is 0. The van der Waals surface area contributed by atoms with Crippen molar-refractivity contribution < 1.29 is 23.1 Å². The molecular weight excluding hydrogens is 316 g/mol. The zero-order valence-corrected chi connectivity index (χ0v) is 13.0. The zero-order valence-electron chi connectivity index (χ0n) is 13.0. The fourth-order valence-electron chi connectivity index (χ4n) is 2.75. The predicted molar refractivity (Wildman–Crippen MR) is 83.7 cm³/mol. The molecule has 0 fully saturated rings. The number of fused-ring (bicyclic) bond motifs is 1. The summed E-state index contributed by atoms with van der Waals surface area (Å²) in [6.45, 7) is 1.87. The number of benzene rings is 2. The molecule has 0 spiro atoms. The van der Waals surface area contributed by atoms with Gasteiger partial charge in [0, 0.05) is 12.2 Å². The van der Waals surface area contributed by atoms with Gasteiger partial charge in [-0.05, 0) is 37.1 Å². The maximum Gasteiger partial charge on any atom is 0.344 e. The van der Waals surface area contributed by atoms with E-state index in [1.807, 2.05) is 24.3 Å². The molecule has 2 aromatic carbocycles. The minimum Gasteiger partial charge on any atom is -0.449 e. The molecule has 0 unspecified atom stereocenters. The van der Waals surface area contributed by atoms with Gasteiger partial charge < -0.3 is 9.64 Å². The van der Waals surface area contributed by atoms with Crippen LogP contribution in [0.3, 0.4) is 0 Å². The van der Waals surface area contributed by atoms with Gasteiger partial charge in [-0.15, -0.1) is 0 Å². The highest BCUT2D eigenvalue weighted by Gasteiger charge is 2.31. The fourth-order valence-corrected chi connectivity index (χ4v) is 2.75. The van der Waals surface area contributed by atoms with Crippen LogP contribution in [0, 0.1) is 11.6 Å². The molecule has 1 aliphatic rings. The summed E-state index contributed by atoms with van der Waals surface area (Å²) in [7, 11) is 0. The number of esters is 1. The van der Waals surface area contributed by atoms with Crippen LogP contribution in [-0.2, 0) is 16.0 Å². The normalized spacial score (nSPS) is 14.2. The van der Waals surface area contributed by atoms with Gasteiger partial charge in [0.05, 0.1) is 0 Å². The maximum atomic E-state index is 13.6. The van der Waals surface area contributed by atoms with Gasteiger partial charge in [-0.1, -0.05) is 24.3 Å². The first-order valence-electron chi connectivity index (χ1n) is 7.53. The minimum absolute atomic E-state index is 0.426. The first-order valence-corrected chi connectivity index (χ1v) is 7.53. The summed E-state index contributed by atoms with van der Waals surface area (Å²) in [5.41, 5.74) is 1.01. The van der Waals surface area contributed by atoms with E-state index in [4.69, 9.17) is 4.74 Å². The number of halogens is 2. The number of carbonyl (C=O) groups excluding carboxylic acids is 2. The second-order valence-corrected chi connectivity index (χ2v) is 5.51. The van der Waals surface area contributed by atoms with Crippen LogP contribution in [0.2, 0.25) is 0 Å². The van der Waals surface area contributed by atoms with Crippen LogP contribution in [0.15, 0.2) is 42.5 Å². The van der Waals surface area contributed by atoms with E-state index in [0.717, 1.165) is 29.4 Å². The zero-order chi connectivity index (χ0) is 17.3. The van der Waals surface area contributed by atoms with Gasteiger partial charge in [0.2, 0.25) is 0 Å². The van der Waals surface area contributed by atoms with Gasteiger partial charge in [-0.3, -0.25) is 4.79 Å². The minimum atomic E-state index is -1.20. The molecule has 1 amide bonds. The van der Waals surface area contributed by atoms with E-state index in [2.05, 4.69) is 0 Å². The van der Waals surface area contributed by atoms with E-state index in [1.165, 1.54) is 11.8 Å². The smallest absolute Gasteiger partial charge is 0.344 e. The fraction of sp³-hybridized carbons (Fsp3) is 0.222. The van der Waals surface area contributed by atoms with Crippen molar-refractivity contribution in [2.24, 2.45) is 0 Å². The third kappa shape index (κ3) is 2.87. The standard InChI is InChI=1S/C18H15F2NO3/c1-11(24-18(23)16-13(19)6-4-7-14(16)20)17(22)21-10-9-12-5-2-3-8-15(12)21/h2-8,11H,9-10H2,1H3/t11-/m1/s1. The number of hydrogen-bond acceptors (Lipinski definition) is 3. The number of hydrogen-bond donors (Lipinski definition) is 0. The van der Waals surface area contributed by atoms with Crippen molar-refractivity contribution >= 4 is 17.6 Å². The van der Waals surface area contributed by atoms with Crippen LogP contribution in [0.25, 0.3) is 0 Å². The SMILES string of the molecule is C[C@@H](OC(=O)c1c(F)cccc1F)C(=O)N1CCc2ccccc21. The van der Waals surface area contributed by atoms with Crippen molar-refractivity contribution in [3.05, 3.63) is 65.2 Å². The number of carbonyl (C=O) groups is 2. The van der Waals surface area contributed by atoms with Crippen molar-refractivity contribution in [3.8, 4) is 0 Å². The molecular formula is C18H15F2NO3. The maximum absolute atomic E-state index is 13.6. The van der Waals surface area contributed by atoms with E-state index in [1.54, 1.807) is 0 Å². The molecule has 1 heterocycles. The van der Waals surface area contributed by atoms with Gasteiger partial charge in [-0.25, -0.2) is 13.6 Å². The summed E-state index contributed by atoms with van der Waals surface area (Å²) in [5.74, 6) is -3.67. The van der Waals surface area contributed by atoms with E-state index in [-0.39, 0.29) is 0 Å². The van der Waals surface area contributed by atoms with Crippen LogP contribution < -0.4 is 4.90 Å². The third-order valence-electron chi connectivity index (χ3n) is 3.95. The molecule has 3 rings (SSSR count). The summed E-state index contributed by atoms with van der Waals surface area (Å²) >= 11 is 0. The van der Waals surface area contributed by atoms with Gasteiger partial charge in [-0.2, -0.15) is 0 Å². The Morgan fingerprint density at radius 1 is 1.08 bits per heavy atom. The van der Waals surface area contributed by atoms with Crippen LogP contribution in [0.5, 0.6) is 0 Å². The molecule has 0 aromatic heterocycles. The first-order chi connectivity index (χ1) is 11.5. The Morgan fingerprint density at radius 2 is 1.75 bits per heavy atom. The monoisotopic (exact) mass is 331 g/mol. The first kappa shape index (κ1) is 16.1. The lowest BCUT2D eigenvalue weighted by Gasteiger charge is -2.21. The third-order valence-corrected chi connectivity index (χ3v) is 3.95. The molecule has 0 bridgehead atoms. The van der Waals surface area contributed by atoms with Crippen LogP contribution in [0.1, 0.15) is 22.8 Å². The Bertz CT molecular complexity index is 786. The van der Waals surface area contributed by atoms with Crippen LogP contribution >= 0.6 is 0 Å². The largest absolute Gasteiger partial charge is 0.449 e. The van der Waals surface area contributed by atoms with E-state index >= 15 is 0 Å². The summed E-state index contributed by atoms with van der Waals surface area (Å²) < 4.78 is 32.2. The average Bonchev–Trinajstić information content (AvgIpc) is 2.97. The Morgan fingerprint density at radius 3 is 2.46 bits per heavy atom. The lowest BCUT2D eigenvalue weighted by Crippen LogP contribution is -2.39. The highest BCUT2D eigenvalue weighted by atomic mass is 19.1. The van der Waals surface area contributed by atoms with Gasteiger partial charge >= 0.3 is 5.97 Å². The van der Waals surface area contributed by atoms with Crippen molar-refractivity contribution in [1.82, 2.24) is 0 Å². The molecule has 0 saturated heterocycles. The summed E-state index contributed by atoms with van der Waals surface area (Å²) in [4.78, 5) is 26.0. The summed E-state index contributed by atoms with van der Waals surface area (Å²) in [6.07, 6.45) is -0.437. The topological polar surface area (TPSA) is 46.6 Å². The molecule has 0 aliphatic carbocycles. The highest BCUT2D eigenvalue weighted by molar-refractivity contribution is 6.00. The molecule has 124 valence electrons. The Hall–Kier alpha value is -2.76. The quantitative estimate of drug-likeness (QED) is 0.812. The molecule has 4 nitrogen and oxygen atoms in total. The number of rotatable bonds is 3. The molecule has 24 heavy (non-hydrogen) atoms. The van der Waals surface area contributed by atoms with Crippen molar-refractivity contribution in [2.75, 3.05) is 11.4 Å². The molecule has 2 aromatic rings. The van der Waals surface area contributed by atoms with E-state index in [0.29, 0.717) is 13.0 Å². The van der Waals surface area contributed by atoms with E-state index in [9.17, 15) is 18.4 Å². The lowest BCUT2D eigenvalue weighted by molar-refractivity contribution is -0.126. The molecule has 0 N–H and O–H groups in total. The molecule has 0 radical (unpaired) electrons. The number of para-hydroxylation sites is 1. The van der Waals surface area contributed by atoms with Gasteiger partial charge in [0.1, 0.15) is 17.2 Å². The molecule has 1 atom stereocenters. The molecule has 1 aliphatic heterocycles. The van der Waals surface area contributed by atoms with Crippen LogP contribution in [0.4, 0.5) is 14.5 Å². The Labute approximate surface area is 137 Å². The number of amides is 1. The van der Waals surface area contributed by atoms with E-state index < -0.39 is 35.2 Å². The lowest BCUT2D eigenvalue weighted by atomic mass is 10.2. The average molecular weight is 331 g/mol. The van der Waals surface area contributed by atoms with Crippen LogP contribution in [-0.4, -0.2) is 24.5 Å². The number of nitrogens with zero attached hydrogens (tertiary/aromatic N) is 1. The Kier molecular flexibility index (Phi) is 4.29. The number of anilines is 1. The summed E-state index contributed by atoms with van der Waals surface area (Å²) in [6, 6.07) is 10.5. The number of ether oxygens (including phenoxy) is 1. The Balaban J connectivity index is 1.75.